The van der Waals surface area contributed by atoms with Crippen LogP contribution >= 0.6 is 0 Å². The number of nitrogens with zero attached hydrogens (tertiary/aromatic N) is 1. The van der Waals surface area contributed by atoms with Crippen molar-refractivity contribution >= 4 is 16.9 Å². The van der Waals surface area contributed by atoms with Crippen LogP contribution in [0.1, 0.15) is 11.6 Å². The van der Waals surface area contributed by atoms with Gasteiger partial charge in [0.05, 0.1) is 6.04 Å². The molecule has 7 heteroatoms. The average Bonchev–Trinajstić information content (AvgIpc) is 2.66. The molecule has 0 aliphatic rings. The van der Waals surface area contributed by atoms with E-state index in [0.29, 0.717) is 17.9 Å². The minimum absolute atomic E-state index is 0.172. The molecule has 0 spiro atoms. The average molecular weight is 384 g/mol. The summed E-state index contributed by atoms with van der Waals surface area (Å²) in [5, 5.41) is 3.56. The van der Waals surface area contributed by atoms with Crippen LogP contribution in [0.5, 0.6) is 5.75 Å². The van der Waals surface area contributed by atoms with Gasteiger partial charge in [-0.3, -0.25) is 4.79 Å². The van der Waals surface area contributed by atoms with Crippen molar-refractivity contribution in [3.63, 3.8) is 0 Å². The fraction of sp³-hybridized carbons (Fsp3) is 0.238. The number of likely N-dealkylation sites (N-methyl/N-ethyl adjacent to an activating group) is 1. The number of nitrogens with one attached hydrogen (secondary N) is 1. The third-order valence-electron chi connectivity index (χ3n) is 4.31. The van der Waals surface area contributed by atoms with Gasteiger partial charge in [0.2, 0.25) is 0 Å². The molecule has 1 amide bonds. The van der Waals surface area contributed by atoms with Gasteiger partial charge in [-0.1, -0.05) is 12.1 Å². The van der Waals surface area contributed by atoms with Crippen molar-refractivity contribution in [2.45, 2.75) is 6.04 Å². The second-order valence-electron chi connectivity index (χ2n) is 6.58. The zero-order chi connectivity index (χ0) is 20.1. The van der Waals surface area contributed by atoms with Gasteiger partial charge in [-0.2, -0.15) is 0 Å². The molecule has 1 aromatic heterocycles. The van der Waals surface area contributed by atoms with Gasteiger partial charge < -0.3 is 19.4 Å². The zero-order valence-electron chi connectivity index (χ0n) is 15.6. The molecule has 28 heavy (non-hydrogen) atoms. The lowest BCUT2D eigenvalue weighted by molar-refractivity contribution is -0.123. The first-order valence-corrected chi connectivity index (χ1v) is 8.78. The highest BCUT2D eigenvalue weighted by molar-refractivity contribution is 5.79. The van der Waals surface area contributed by atoms with E-state index >= 15 is 0 Å². The molecule has 1 atom stereocenters. The summed E-state index contributed by atoms with van der Waals surface area (Å²) in [4.78, 5) is 25.4. The zero-order valence-corrected chi connectivity index (χ0v) is 15.6. The summed E-state index contributed by atoms with van der Waals surface area (Å²) in [5.41, 5.74) is 0.717. The van der Waals surface area contributed by atoms with E-state index in [0.717, 1.165) is 10.9 Å². The van der Waals surface area contributed by atoms with Crippen molar-refractivity contribution in [3.05, 3.63) is 76.4 Å². The Morgan fingerprint density at radius 1 is 1.18 bits per heavy atom. The van der Waals surface area contributed by atoms with Gasteiger partial charge in [0.15, 0.2) is 6.61 Å². The monoisotopic (exact) mass is 384 g/mol. The van der Waals surface area contributed by atoms with Gasteiger partial charge in [-0.05, 0) is 50.0 Å². The molecule has 1 N–H and O–H groups in total. The van der Waals surface area contributed by atoms with Crippen molar-refractivity contribution in [2.75, 3.05) is 27.2 Å². The number of ether oxygens (including phenoxy) is 1. The maximum Gasteiger partial charge on any atom is 0.336 e. The van der Waals surface area contributed by atoms with E-state index in [2.05, 4.69) is 5.32 Å². The molecule has 0 radical (unpaired) electrons. The highest BCUT2D eigenvalue weighted by Crippen LogP contribution is 2.20. The molecule has 3 rings (SSSR count). The molecule has 0 saturated heterocycles. The Morgan fingerprint density at radius 2 is 1.96 bits per heavy atom. The summed E-state index contributed by atoms with van der Waals surface area (Å²) >= 11 is 0. The molecule has 0 fully saturated rings. The van der Waals surface area contributed by atoms with E-state index < -0.39 is 5.63 Å². The Labute approximate surface area is 161 Å². The number of fused-ring (bicyclic) bond motifs is 1. The molecular formula is C21H21FN2O4. The summed E-state index contributed by atoms with van der Waals surface area (Å²) in [7, 11) is 3.72. The molecule has 0 aliphatic carbocycles. The Bertz CT molecular complexity index is 1030. The van der Waals surface area contributed by atoms with Crippen LogP contribution in [0.3, 0.4) is 0 Å². The summed E-state index contributed by atoms with van der Waals surface area (Å²) < 4.78 is 24.1. The first-order chi connectivity index (χ1) is 13.4. The van der Waals surface area contributed by atoms with E-state index in [1.165, 1.54) is 18.2 Å². The minimum atomic E-state index is -0.450. The molecule has 0 aliphatic heterocycles. The lowest BCUT2D eigenvalue weighted by Crippen LogP contribution is -2.36. The lowest BCUT2D eigenvalue weighted by Gasteiger charge is -2.25. The Balaban J connectivity index is 1.58. The Kier molecular flexibility index (Phi) is 6.06. The number of rotatable bonds is 7. The number of amides is 1. The van der Waals surface area contributed by atoms with E-state index in [1.807, 2.05) is 25.1 Å². The molecule has 146 valence electrons. The van der Waals surface area contributed by atoms with Crippen molar-refractivity contribution in [2.24, 2.45) is 0 Å². The number of hydrogen-bond acceptors (Lipinski definition) is 5. The highest BCUT2D eigenvalue weighted by Gasteiger charge is 2.16. The highest BCUT2D eigenvalue weighted by atomic mass is 19.1. The summed E-state index contributed by atoms with van der Waals surface area (Å²) in [6, 6.07) is 14.1. The fourth-order valence-electron chi connectivity index (χ4n) is 2.85. The van der Waals surface area contributed by atoms with Gasteiger partial charge in [0.1, 0.15) is 17.1 Å². The van der Waals surface area contributed by atoms with Crippen molar-refractivity contribution in [1.29, 1.82) is 0 Å². The topological polar surface area (TPSA) is 71.8 Å². The van der Waals surface area contributed by atoms with Crippen LogP contribution in [0, 0.1) is 5.82 Å². The molecule has 3 aromatic rings. The minimum Gasteiger partial charge on any atom is -0.484 e. The molecule has 0 saturated carbocycles. The smallest absolute Gasteiger partial charge is 0.336 e. The predicted octanol–water partition coefficient (Wildman–Crippen LogP) is 2.73. The molecule has 0 bridgehead atoms. The molecule has 1 unspecified atom stereocenters. The first kappa shape index (κ1) is 19.6. The van der Waals surface area contributed by atoms with Gasteiger partial charge in [-0.25, -0.2) is 9.18 Å². The number of hydrogen-bond donors (Lipinski definition) is 1. The Morgan fingerprint density at radius 3 is 2.71 bits per heavy atom. The van der Waals surface area contributed by atoms with Gasteiger partial charge in [0, 0.05) is 24.1 Å². The summed E-state index contributed by atoms with van der Waals surface area (Å²) in [6.45, 7) is 0.122. The van der Waals surface area contributed by atoms with Crippen LogP contribution in [-0.2, 0) is 4.79 Å². The van der Waals surface area contributed by atoms with Gasteiger partial charge in [0.25, 0.3) is 5.91 Å². The third kappa shape index (κ3) is 4.95. The van der Waals surface area contributed by atoms with Crippen LogP contribution in [0.2, 0.25) is 0 Å². The fourth-order valence-corrected chi connectivity index (χ4v) is 2.85. The second kappa shape index (κ2) is 8.67. The maximum absolute atomic E-state index is 13.5. The van der Waals surface area contributed by atoms with Crippen LogP contribution in [-0.4, -0.2) is 38.1 Å². The summed E-state index contributed by atoms with van der Waals surface area (Å²) in [5.74, 6) is -0.203. The summed E-state index contributed by atoms with van der Waals surface area (Å²) in [6.07, 6.45) is 0. The molecule has 2 aromatic carbocycles. The van der Waals surface area contributed by atoms with Gasteiger partial charge >= 0.3 is 5.63 Å². The maximum atomic E-state index is 13.5. The second-order valence-corrected chi connectivity index (χ2v) is 6.58. The van der Waals surface area contributed by atoms with Crippen molar-refractivity contribution in [3.8, 4) is 5.75 Å². The SMILES string of the molecule is CN(C)C(CNC(=O)COc1ccc2ccc(=O)oc2c1)c1cccc(F)c1. The van der Waals surface area contributed by atoms with E-state index in [9.17, 15) is 14.0 Å². The number of carbonyl (C=O) groups is 1. The quantitative estimate of drug-likeness (QED) is 0.634. The normalized spacial score (nSPS) is 12.1. The van der Waals surface area contributed by atoms with E-state index in [-0.39, 0.29) is 24.4 Å². The van der Waals surface area contributed by atoms with Crippen LogP contribution < -0.4 is 15.7 Å². The third-order valence-corrected chi connectivity index (χ3v) is 4.31. The molecular weight excluding hydrogens is 363 g/mol. The van der Waals surface area contributed by atoms with Gasteiger partial charge in [-0.15, -0.1) is 0 Å². The van der Waals surface area contributed by atoms with E-state index in [1.54, 1.807) is 30.3 Å². The van der Waals surface area contributed by atoms with Crippen LogP contribution in [0.25, 0.3) is 11.0 Å². The van der Waals surface area contributed by atoms with Crippen molar-refractivity contribution < 1.29 is 18.3 Å². The van der Waals surface area contributed by atoms with Crippen LogP contribution in [0.15, 0.2) is 63.8 Å². The van der Waals surface area contributed by atoms with Crippen LogP contribution in [0.4, 0.5) is 4.39 Å². The molecule has 1 heterocycles. The number of carbonyl (C=O) groups excluding carboxylic acids is 1. The number of benzene rings is 2. The standard InChI is InChI=1S/C21H21FN2O4/c1-24(2)18(15-4-3-5-16(22)10-15)12-23-20(25)13-27-17-8-6-14-7-9-21(26)28-19(14)11-17/h3-11,18H,12-13H2,1-2H3,(H,23,25). The predicted molar refractivity (Wildman–Crippen MR) is 104 cm³/mol. The van der Waals surface area contributed by atoms with E-state index in [4.69, 9.17) is 9.15 Å². The Hall–Kier alpha value is -3.19. The molecule has 6 nitrogen and oxygen atoms in total. The largest absolute Gasteiger partial charge is 0.484 e. The number of halogens is 1. The lowest BCUT2D eigenvalue weighted by atomic mass is 10.1. The first-order valence-electron chi connectivity index (χ1n) is 8.78. The van der Waals surface area contributed by atoms with Crippen molar-refractivity contribution in [1.82, 2.24) is 10.2 Å².